The van der Waals surface area contributed by atoms with Crippen molar-refractivity contribution in [1.29, 1.82) is 0 Å². The van der Waals surface area contributed by atoms with Gasteiger partial charge in [-0.05, 0) is 36.4 Å². The number of nitrogens with zero attached hydrogens (tertiary/aromatic N) is 1. The van der Waals surface area contributed by atoms with Crippen molar-refractivity contribution in [2.75, 3.05) is 11.5 Å². The van der Waals surface area contributed by atoms with Gasteiger partial charge in [0, 0.05) is 29.7 Å². The lowest BCUT2D eigenvalue weighted by molar-refractivity contribution is -0.100. The van der Waals surface area contributed by atoms with Gasteiger partial charge in [0.05, 0.1) is 0 Å². The molecule has 2 aromatic carbocycles. The Morgan fingerprint density at radius 3 is 2.27 bits per heavy atom. The van der Waals surface area contributed by atoms with Gasteiger partial charge in [-0.3, -0.25) is 0 Å². The van der Waals surface area contributed by atoms with Crippen molar-refractivity contribution < 1.29 is 9.57 Å². The van der Waals surface area contributed by atoms with Crippen LogP contribution in [0.2, 0.25) is 0 Å². The summed E-state index contributed by atoms with van der Waals surface area (Å²) in [5.41, 5.74) is 12.8. The van der Waals surface area contributed by atoms with Crippen LogP contribution in [0.15, 0.2) is 73.0 Å². The van der Waals surface area contributed by atoms with E-state index in [1.165, 1.54) is 0 Å². The fourth-order valence-corrected chi connectivity index (χ4v) is 2.06. The van der Waals surface area contributed by atoms with Gasteiger partial charge in [0.1, 0.15) is 5.75 Å². The summed E-state index contributed by atoms with van der Waals surface area (Å²) in [7, 11) is 0. The third-order valence-electron chi connectivity index (χ3n) is 3.05. The van der Waals surface area contributed by atoms with Gasteiger partial charge in [0.2, 0.25) is 6.23 Å². The first-order valence-corrected chi connectivity index (χ1v) is 6.90. The van der Waals surface area contributed by atoms with Crippen molar-refractivity contribution in [3.8, 4) is 11.5 Å². The molecule has 0 aliphatic carbocycles. The highest BCUT2D eigenvalue weighted by Crippen LogP contribution is 2.22. The van der Waals surface area contributed by atoms with Crippen molar-refractivity contribution in [1.82, 2.24) is 5.06 Å². The van der Waals surface area contributed by atoms with Gasteiger partial charge in [-0.15, -0.1) is 0 Å². The van der Waals surface area contributed by atoms with Crippen molar-refractivity contribution in [2.45, 2.75) is 6.23 Å². The standard InChI is InChI=1S/C17H17N3O2/c18-13-5-3-7-15(11-13)21-17-9-1-2-10-20(17)22-16-8-4-6-14(19)12-16/h1-12,17H,18-19H2. The summed E-state index contributed by atoms with van der Waals surface area (Å²) in [4.78, 5) is 5.81. The molecule has 1 unspecified atom stereocenters. The normalized spacial score (nSPS) is 16.5. The molecule has 0 saturated carbocycles. The Bertz CT molecular complexity index is 651. The van der Waals surface area contributed by atoms with Crippen molar-refractivity contribution in [3.63, 3.8) is 0 Å². The van der Waals surface area contributed by atoms with E-state index >= 15 is 0 Å². The predicted molar refractivity (Wildman–Crippen MR) is 86.9 cm³/mol. The van der Waals surface area contributed by atoms with E-state index in [4.69, 9.17) is 21.0 Å². The first-order valence-electron chi connectivity index (χ1n) is 6.90. The quantitative estimate of drug-likeness (QED) is 0.848. The average Bonchev–Trinajstić information content (AvgIpc) is 2.49. The molecule has 5 heteroatoms. The van der Waals surface area contributed by atoms with Crippen LogP contribution in [0, 0.1) is 0 Å². The highest BCUT2D eigenvalue weighted by atomic mass is 16.7. The van der Waals surface area contributed by atoms with Crippen LogP contribution in [0.1, 0.15) is 0 Å². The summed E-state index contributed by atoms with van der Waals surface area (Å²) in [5, 5.41) is 1.61. The van der Waals surface area contributed by atoms with Gasteiger partial charge >= 0.3 is 0 Å². The average molecular weight is 295 g/mol. The van der Waals surface area contributed by atoms with Crippen LogP contribution in [0.3, 0.4) is 0 Å². The summed E-state index contributed by atoms with van der Waals surface area (Å²) >= 11 is 0. The van der Waals surface area contributed by atoms with Crippen LogP contribution in [0.5, 0.6) is 11.5 Å². The van der Waals surface area contributed by atoms with Crippen LogP contribution in [0.4, 0.5) is 11.4 Å². The van der Waals surface area contributed by atoms with Gasteiger partial charge in [0.15, 0.2) is 5.75 Å². The topological polar surface area (TPSA) is 73.7 Å². The minimum atomic E-state index is -0.395. The fraction of sp³-hybridized carbons (Fsp3) is 0.0588. The van der Waals surface area contributed by atoms with Crippen LogP contribution in [-0.4, -0.2) is 11.3 Å². The van der Waals surface area contributed by atoms with Gasteiger partial charge < -0.3 is 21.0 Å². The molecule has 0 spiro atoms. The number of anilines is 2. The van der Waals surface area contributed by atoms with Gasteiger partial charge in [-0.1, -0.05) is 18.2 Å². The maximum Gasteiger partial charge on any atom is 0.223 e. The Morgan fingerprint density at radius 2 is 1.55 bits per heavy atom. The molecule has 1 aliphatic heterocycles. The van der Waals surface area contributed by atoms with E-state index in [2.05, 4.69) is 0 Å². The second-order valence-electron chi connectivity index (χ2n) is 4.83. The molecule has 0 fully saturated rings. The molecule has 1 aliphatic rings. The van der Waals surface area contributed by atoms with E-state index < -0.39 is 6.23 Å². The molecule has 22 heavy (non-hydrogen) atoms. The zero-order chi connectivity index (χ0) is 15.4. The molecule has 1 atom stereocenters. The Kier molecular flexibility index (Phi) is 3.87. The summed E-state index contributed by atoms with van der Waals surface area (Å²) in [6, 6.07) is 14.5. The number of hydroxylamine groups is 2. The second-order valence-corrected chi connectivity index (χ2v) is 4.83. The number of nitrogen functional groups attached to an aromatic ring is 2. The van der Waals surface area contributed by atoms with Crippen molar-refractivity contribution in [3.05, 3.63) is 73.0 Å². The number of benzene rings is 2. The van der Waals surface area contributed by atoms with Crippen LogP contribution < -0.4 is 21.0 Å². The first kappa shape index (κ1) is 13.9. The maximum absolute atomic E-state index is 5.90. The summed E-state index contributed by atoms with van der Waals surface area (Å²) < 4.78 is 5.90. The monoisotopic (exact) mass is 295 g/mol. The Hall–Kier alpha value is -3.08. The molecule has 5 nitrogen and oxygen atoms in total. The maximum atomic E-state index is 5.90. The van der Waals surface area contributed by atoms with Gasteiger partial charge in [-0.25, -0.2) is 0 Å². The van der Waals surface area contributed by atoms with Crippen LogP contribution >= 0.6 is 0 Å². The number of hydrogen-bond donors (Lipinski definition) is 2. The molecule has 0 amide bonds. The van der Waals surface area contributed by atoms with Gasteiger partial charge in [0.25, 0.3) is 0 Å². The SMILES string of the molecule is Nc1cccc(OC2C=CC=CN2Oc2cccc(N)c2)c1. The molecule has 0 radical (unpaired) electrons. The first-order chi connectivity index (χ1) is 10.7. The molecule has 0 saturated heterocycles. The predicted octanol–water partition coefficient (Wildman–Crippen LogP) is 2.94. The molecule has 0 bridgehead atoms. The lowest BCUT2D eigenvalue weighted by Gasteiger charge is -2.29. The minimum Gasteiger partial charge on any atom is -0.464 e. The van der Waals surface area contributed by atoms with Crippen LogP contribution in [0.25, 0.3) is 0 Å². The molecule has 2 aromatic rings. The lowest BCUT2D eigenvalue weighted by atomic mass is 10.3. The molecular weight excluding hydrogens is 278 g/mol. The van der Waals surface area contributed by atoms with E-state index in [1.54, 1.807) is 29.5 Å². The third-order valence-corrected chi connectivity index (χ3v) is 3.05. The molecule has 4 N–H and O–H groups in total. The minimum absolute atomic E-state index is 0.395. The van der Waals surface area contributed by atoms with E-state index in [0.29, 0.717) is 22.9 Å². The van der Waals surface area contributed by atoms with E-state index in [-0.39, 0.29) is 0 Å². The van der Waals surface area contributed by atoms with E-state index in [0.717, 1.165) is 0 Å². The lowest BCUT2D eigenvalue weighted by Crippen LogP contribution is -2.37. The third kappa shape index (κ3) is 3.32. The molecule has 112 valence electrons. The summed E-state index contributed by atoms with van der Waals surface area (Å²) in [6.07, 6.45) is 7.05. The van der Waals surface area contributed by atoms with Crippen molar-refractivity contribution in [2.24, 2.45) is 0 Å². The second kappa shape index (κ2) is 6.13. The zero-order valence-corrected chi connectivity index (χ0v) is 11.9. The number of rotatable bonds is 4. The molecular formula is C17H17N3O2. The summed E-state index contributed by atoms with van der Waals surface area (Å²) in [5.74, 6) is 1.31. The largest absolute Gasteiger partial charge is 0.464 e. The highest BCUT2D eigenvalue weighted by Gasteiger charge is 2.18. The van der Waals surface area contributed by atoms with Crippen LogP contribution in [-0.2, 0) is 0 Å². The molecule has 0 aromatic heterocycles. The number of hydrogen-bond acceptors (Lipinski definition) is 5. The van der Waals surface area contributed by atoms with E-state index in [9.17, 15) is 0 Å². The fourth-order valence-electron chi connectivity index (χ4n) is 2.06. The Morgan fingerprint density at radius 1 is 0.864 bits per heavy atom. The summed E-state index contributed by atoms with van der Waals surface area (Å²) in [6.45, 7) is 0. The highest BCUT2D eigenvalue weighted by molar-refractivity contribution is 5.44. The molecule has 1 heterocycles. The zero-order valence-electron chi connectivity index (χ0n) is 11.9. The number of allylic oxidation sites excluding steroid dienone is 2. The smallest absolute Gasteiger partial charge is 0.223 e. The van der Waals surface area contributed by atoms with Gasteiger partial charge in [-0.2, -0.15) is 5.06 Å². The Labute approximate surface area is 129 Å². The molecule has 3 rings (SSSR count). The van der Waals surface area contributed by atoms with Crippen molar-refractivity contribution >= 4 is 11.4 Å². The number of nitrogens with two attached hydrogens (primary N) is 2. The number of ether oxygens (including phenoxy) is 1. The van der Waals surface area contributed by atoms with E-state index in [1.807, 2.05) is 48.6 Å². The Balaban J connectivity index is 1.74.